The van der Waals surface area contributed by atoms with Gasteiger partial charge in [0.2, 0.25) is 0 Å². The van der Waals surface area contributed by atoms with E-state index in [2.05, 4.69) is 5.32 Å². The van der Waals surface area contributed by atoms with Crippen LogP contribution in [0.3, 0.4) is 0 Å². The number of allylic oxidation sites excluding steroid dienone is 2. The molecule has 0 saturated heterocycles. The van der Waals surface area contributed by atoms with Gasteiger partial charge in [0, 0.05) is 18.0 Å². The van der Waals surface area contributed by atoms with Crippen molar-refractivity contribution in [3.8, 4) is 5.75 Å². The molecule has 1 aromatic carbocycles. The molecule has 0 amide bonds. The molecule has 0 bridgehead atoms. The van der Waals surface area contributed by atoms with E-state index < -0.39 is 18.4 Å². The van der Waals surface area contributed by atoms with Crippen molar-refractivity contribution in [1.82, 2.24) is 5.32 Å². The van der Waals surface area contributed by atoms with Gasteiger partial charge in [0.05, 0.1) is 5.60 Å². The molecule has 0 spiro atoms. The largest absolute Gasteiger partial charge is 0.484 e. The number of likely N-dealkylation sites (N-methyl/N-ethyl adjacent to an activating group) is 1. The molecule has 0 aromatic heterocycles. The monoisotopic (exact) mass is 456 g/mol. The molecule has 31 heavy (non-hydrogen) atoms. The zero-order chi connectivity index (χ0) is 23.1. The number of carbonyl (C=O) groups is 1. The van der Waals surface area contributed by atoms with Gasteiger partial charge in [-0.2, -0.15) is 13.2 Å². The number of nitrogens with two attached hydrogens (primary N) is 1. The molecule has 0 radical (unpaired) electrons. The first-order valence-corrected chi connectivity index (χ1v) is 10.9. The number of halogens is 3. The van der Waals surface area contributed by atoms with Crippen molar-refractivity contribution >= 4 is 19.9 Å². The van der Waals surface area contributed by atoms with Gasteiger partial charge in [0.15, 0.2) is 12.4 Å². The van der Waals surface area contributed by atoms with E-state index in [1.54, 1.807) is 37.1 Å². The zero-order valence-corrected chi connectivity index (χ0v) is 18.5. The van der Waals surface area contributed by atoms with E-state index in [4.69, 9.17) is 10.2 Å². The summed E-state index contributed by atoms with van der Waals surface area (Å²) in [6.45, 7) is 0.805. The Bertz CT molecular complexity index is 862. The predicted molar refractivity (Wildman–Crippen MR) is 117 cm³/mol. The first-order chi connectivity index (χ1) is 14.6. The standard InChI is InChI=1S/C22H28F3N2O3P/c1-15(21(29)9-10-21)7-8-19(28)18(13-31-26)17(12-27-2)11-16-5-3-4-6-20(16)30-14-22(23,24)25/h3-8,13,15,27,29H,9-12,14,26H2,1-2H3/b8-7-,18-17-. The molecule has 1 aromatic rings. The van der Waals surface area contributed by atoms with Crippen molar-refractivity contribution in [2.75, 3.05) is 20.2 Å². The van der Waals surface area contributed by atoms with E-state index in [1.807, 2.05) is 6.92 Å². The van der Waals surface area contributed by atoms with Crippen LogP contribution < -0.4 is 15.6 Å². The number of hydrogen-bond acceptors (Lipinski definition) is 5. The minimum atomic E-state index is -4.45. The summed E-state index contributed by atoms with van der Waals surface area (Å²) in [5.74, 6) is 1.27. The number of para-hydroxylation sites is 1. The number of nitrogens with one attached hydrogen (secondary N) is 1. The first kappa shape index (κ1) is 25.3. The maximum atomic E-state index is 12.9. The molecule has 9 heteroatoms. The van der Waals surface area contributed by atoms with Gasteiger partial charge in [-0.25, -0.2) is 0 Å². The number of ether oxygens (including phenoxy) is 1. The van der Waals surface area contributed by atoms with Crippen LogP contribution in [0.5, 0.6) is 5.75 Å². The fourth-order valence-electron chi connectivity index (χ4n) is 3.13. The summed E-state index contributed by atoms with van der Waals surface area (Å²) in [5.41, 5.74) is 6.51. The van der Waals surface area contributed by atoms with Crippen LogP contribution in [0.4, 0.5) is 13.2 Å². The SMILES string of the molecule is CNC/C(Cc1ccccc1OCC(F)(F)F)=C(/C=P\N)C(=O)/C=C\C(C)C1(O)CC1. The lowest BCUT2D eigenvalue weighted by Gasteiger charge is -2.16. The number of aliphatic hydroxyl groups is 1. The summed E-state index contributed by atoms with van der Waals surface area (Å²) in [5, 5.41) is 13.2. The predicted octanol–water partition coefficient (Wildman–Crippen LogP) is 3.59. The third kappa shape index (κ3) is 7.89. The molecule has 4 N–H and O–H groups in total. The Hall–Kier alpha value is -1.99. The summed E-state index contributed by atoms with van der Waals surface area (Å²) in [6.07, 6.45) is 0.311. The quantitative estimate of drug-likeness (QED) is 0.350. The molecule has 2 rings (SSSR count). The van der Waals surface area contributed by atoms with E-state index in [9.17, 15) is 23.1 Å². The van der Waals surface area contributed by atoms with Gasteiger partial charge >= 0.3 is 6.18 Å². The Kier molecular flexibility index (Phi) is 9.01. The number of benzene rings is 1. The molecule has 0 aliphatic heterocycles. The molecule has 1 unspecified atom stereocenters. The van der Waals surface area contributed by atoms with E-state index in [0.29, 0.717) is 44.5 Å². The van der Waals surface area contributed by atoms with Crippen molar-refractivity contribution in [2.45, 2.75) is 38.0 Å². The molecular formula is C22H28F3N2O3P. The molecule has 170 valence electrons. The van der Waals surface area contributed by atoms with Gasteiger partial charge < -0.3 is 15.2 Å². The normalized spacial score (nSPS) is 17.6. The topological polar surface area (TPSA) is 84.6 Å². The Morgan fingerprint density at radius 3 is 2.65 bits per heavy atom. The maximum Gasteiger partial charge on any atom is 0.422 e. The summed E-state index contributed by atoms with van der Waals surface area (Å²) in [7, 11) is 2.10. The van der Waals surface area contributed by atoms with Crippen LogP contribution in [0.25, 0.3) is 0 Å². The first-order valence-electron chi connectivity index (χ1n) is 9.92. The summed E-state index contributed by atoms with van der Waals surface area (Å²) < 4.78 is 42.8. The lowest BCUT2D eigenvalue weighted by Crippen LogP contribution is -2.21. The summed E-state index contributed by atoms with van der Waals surface area (Å²) >= 11 is 0. The fourth-order valence-corrected chi connectivity index (χ4v) is 3.59. The van der Waals surface area contributed by atoms with Crippen molar-refractivity contribution < 1.29 is 27.8 Å². The van der Waals surface area contributed by atoms with Crippen LogP contribution in [-0.2, 0) is 11.2 Å². The van der Waals surface area contributed by atoms with Crippen molar-refractivity contribution in [1.29, 1.82) is 0 Å². The summed E-state index contributed by atoms with van der Waals surface area (Å²) in [4.78, 5) is 12.9. The second-order valence-electron chi connectivity index (χ2n) is 7.63. The van der Waals surface area contributed by atoms with Crippen molar-refractivity contribution in [2.24, 2.45) is 11.4 Å². The highest BCUT2D eigenvalue weighted by Crippen LogP contribution is 2.42. The van der Waals surface area contributed by atoms with Gasteiger partial charge in [-0.1, -0.05) is 31.2 Å². The molecule has 1 saturated carbocycles. The Balaban J connectivity index is 2.31. The second kappa shape index (κ2) is 11.0. The van der Waals surface area contributed by atoms with Gasteiger partial charge in [-0.15, -0.1) is 0 Å². The van der Waals surface area contributed by atoms with Gasteiger partial charge in [0.25, 0.3) is 0 Å². The molecule has 1 fully saturated rings. The fraction of sp³-hybridized carbons (Fsp3) is 0.455. The van der Waals surface area contributed by atoms with Gasteiger partial charge in [0.1, 0.15) is 5.75 Å². The van der Waals surface area contributed by atoms with Crippen LogP contribution in [-0.4, -0.2) is 48.7 Å². The third-order valence-electron chi connectivity index (χ3n) is 5.15. The number of carbonyl (C=O) groups excluding carboxylic acids is 1. The molecule has 0 heterocycles. The smallest absolute Gasteiger partial charge is 0.422 e. The number of hydrogen-bond donors (Lipinski definition) is 3. The number of rotatable bonds is 11. The summed E-state index contributed by atoms with van der Waals surface area (Å²) in [6, 6.07) is 6.45. The van der Waals surface area contributed by atoms with Crippen LogP contribution in [0.15, 0.2) is 47.6 Å². The zero-order valence-electron chi connectivity index (χ0n) is 17.6. The molecular weight excluding hydrogens is 428 g/mol. The highest BCUT2D eigenvalue weighted by Gasteiger charge is 2.44. The number of alkyl halides is 3. The minimum Gasteiger partial charge on any atom is -0.484 e. The highest BCUT2D eigenvalue weighted by molar-refractivity contribution is 7.36. The van der Waals surface area contributed by atoms with Gasteiger partial charge in [-0.3, -0.25) is 10.3 Å². The Morgan fingerprint density at radius 2 is 2.06 bits per heavy atom. The minimum absolute atomic E-state index is 0.116. The third-order valence-corrected chi connectivity index (χ3v) is 5.56. The van der Waals surface area contributed by atoms with Crippen LogP contribution in [0.2, 0.25) is 0 Å². The molecule has 1 atom stereocenters. The maximum absolute atomic E-state index is 12.9. The van der Waals surface area contributed by atoms with Crippen LogP contribution >= 0.6 is 8.35 Å². The van der Waals surface area contributed by atoms with Crippen molar-refractivity contribution in [3.05, 3.63) is 53.1 Å². The Morgan fingerprint density at radius 1 is 1.39 bits per heavy atom. The van der Waals surface area contributed by atoms with Crippen LogP contribution in [0.1, 0.15) is 25.3 Å². The van der Waals surface area contributed by atoms with E-state index in [0.717, 1.165) is 0 Å². The average molecular weight is 456 g/mol. The molecule has 1 aliphatic carbocycles. The molecule has 1 aliphatic rings. The molecule has 5 nitrogen and oxygen atoms in total. The van der Waals surface area contributed by atoms with Crippen LogP contribution in [0, 0.1) is 5.92 Å². The second-order valence-corrected chi connectivity index (χ2v) is 8.19. The lowest BCUT2D eigenvalue weighted by atomic mass is 9.96. The highest BCUT2D eigenvalue weighted by atomic mass is 31.1. The van der Waals surface area contributed by atoms with Crippen molar-refractivity contribution in [3.63, 3.8) is 0 Å². The van der Waals surface area contributed by atoms with E-state index >= 15 is 0 Å². The average Bonchev–Trinajstić information content (AvgIpc) is 3.47. The number of ketones is 1. The Labute approximate surface area is 182 Å². The van der Waals surface area contributed by atoms with Gasteiger partial charge in [-0.05, 0) is 63.7 Å². The van der Waals surface area contributed by atoms with E-state index in [1.165, 1.54) is 12.1 Å². The lowest BCUT2D eigenvalue weighted by molar-refractivity contribution is -0.153. The van der Waals surface area contributed by atoms with E-state index in [-0.39, 0.29) is 23.9 Å².